The van der Waals surface area contributed by atoms with Gasteiger partial charge in [0, 0.05) is 49.2 Å². The molecule has 0 amide bonds. The molecule has 0 spiro atoms. The fourth-order valence-corrected chi connectivity index (χ4v) is 3.61. The van der Waals surface area contributed by atoms with Crippen LogP contribution >= 0.6 is 0 Å². The van der Waals surface area contributed by atoms with Gasteiger partial charge in [-0.2, -0.15) is 0 Å². The monoisotopic (exact) mass is 293 g/mol. The summed E-state index contributed by atoms with van der Waals surface area (Å²) in [6.45, 7) is 2.29. The van der Waals surface area contributed by atoms with Crippen molar-refractivity contribution < 1.29 is 0 Å². The molecule has 1 N–H and O–H groups in total. The summed E-state index contributed by atoms with van der Waals surface area (Å²) in [5.41, 5.74) is 2.80. The largest absolute Gasteiger partial charge is 0.371 e. The Morgan fingerprint density at radius 3 is 2.41 bits per heavy atom. The van der Waals surface area contributed by atoms with Gasteiger partial charge >= 0.3 is 0 Å². The van der Waals surface area contributed by atoms with E-state index in [1.165, 1.54) is 30.5 Å². The van der Waals surface area contributed by atoms with E-state index >= 15 is 0 Å². The number of hydrogen-bond acceptors (Lipinski definition) is 3. The summed E-state index contributed by atoms with van der Waals surface area (Å²) in [6, 6.07) is 16.5. The normalized spacial score (nSPS) is 25.2. The highest BCUT2D eigenvalue weighted by atomic mass is 15.2. The maximum Gasteiger partial charge on any atom is 0.0397 e. The first-order chi connectivity index (χ1) is 10.9. The summed E-state index contributed by atoms with van der Waals surface area (Å²) in [5.74, 6) is 0.736. The molecule has 2 aromatic rings. The molecule has 2 fully saturated rings. The number of piperidine rings is 1. The smallest absolute Gasteiger partial charge is 0.0397 e. The van der Waals surface area contributed by atoms with Crippen molar-refractivity contribution in [1.29, 1.82) is 0 Å². The fraction of sp³-hybridized carbons (Fsp3) is 0.421. The number of hydrogen-bond donors (Lipinski definition) is 1. The molecule has 2 unspecified atom stereocenters. The van der Waals surface area contributed by atoms with E-state index in [1.54, 1.807) is 0 Å². The summed E-state index contributed by atoms with van der Waals surface area (Å²) in [4.78, 5) is 6.57. The van der Waals surface area contributed by atoms with Gasteiger partial charge in [-0.25, -0.2) is 0 Å². The first-order valence-electron chi connectivity index (χ1n) is 8.36. The Labute approximate surface area is 132 Å². The lowest BCUT2D eigenvalue weighted by Crippen LogP contribution is -2.43. The molecule has 22 heavy (non-hydrogen) atoms. The van der Waals surface area contributed by atoms with Crippen molar-refractivity contribution in [3.8, 4) is 0 Å². The minimum absolute atomic E-state index is 0.678. The van der Waals surface area contributed by atoms with E-state index in [1.807, 2.05) is 12.4 Å². The van der Waals surface area contributed by atoms with E-state index in [0.717, 1.165) is 19.0 Å². The Hall–Kier alpha value is -1.87. The van der Waals surface area contributed by atoms with Crippen LogP contribution in [0.15, 0.2) is 54.9 Å². The van der Waals surface area contributed by atoms with Crippen LogP contribution in [0.1, 0.15) is 30.7 Å². The Bertz CT molecular complexity index is 591. The van der Waals surface area contributed by atoms with Gasteiger partial charge in [-0.15, -0.1) is 0 Å². The summed E-state index contributed by atoms with van der Waals surface area (Å²) >= 11 is 0. The zero-order valence-electron chi connectivity index (χ0n) is 12.9. The third-order valence-electron chi connectivity index (χ3n) is 4.99. The van der Waals surface area contributed by atoms with Gasteiger partial charge in [-0.05, 0) is 37.0 Å². The van der Waals surface area contributed by atoms with Crippen molar-refractivity contribution in [2.75, 3.05) is 18.0 Å². The van der Waals surface area contributed by atoms with Crippen LogP contribution in [0.2, 0.25) is 0 Å². The van der Waals surface area contributed by atoms with Crippen LogP contribution in [-0.2, 0) is 0 Å². The third kappa shape index (κ3) is 3.00. The van der Waals surface area contributed by atoms with Gasteiger partial charge in [-0.1, -0.05) is 30.3 Å². The Balaban J connectivity index is 1.27. The molecule has 2 atom stereocenters. The summed E-state index contributed by atoms with van der Waals surface area (Å²) in [5, 5.41) is 3.87. The number of rotatable bonds is 4. The number of pyridine rings is 1. The molecule has 1 aliphatic carbocycles. The Morgan fingerprint density at radius 1 is 0.955 bits per heavy atom. The van der Waals surface area contributed by atoms with E-state index in [0.29, 0.717) is 12.1 Å². The minimum atomic E-state index is 0.678. The summed E-state index contributed by atoms with van der Waals surface area (Å²) in [6.07, 6.45) is 7.54. The quantitative estimate of drug-likeness (QED) is 0.938. The molecular weight excluding hydrogens is 270 g/mol. The molecule has 1 saturated carbocycles. The van der Waals surface area contributed by atoms with Gasteiger partial charge in [0.2, 0.25) is 0 Å². The zero-order valence-corrected chi connectivity index (χ0v) is 12.9. The lowest BCUT2D eigenvalue weighted by molar-refractivity contribution is 0.410. The van der Waals surface area contributed by atoms with Gasteiger partial charge in [0.25, 0.3) is 0 Å². The average Bonchev–Trinajstić information content (AvgIpc) is 3.36. The van der Waals surface area contributed by atoms with Gasteiger partial charge in [0.1, 0.15) is 0 Å². The van der Waals surface area contributed by atoms with Crippen molar-refractivity contribution in [3.63, 3.8) is 0 Å². The van der Waals surface area contributed by atoms with Crippen LogP contribution in [0.4, 0.5) is 5.69 Å². The zero-order chi connectivity index (χ0) is 14.8. The van der Waals surface area contributed by atoms with Crippen molar-refractivity contribution in [2.45, 2.75) is 37.3 Å². The van der Waals surface area contributed by atoms with E-state index in [4.69, 9.17) is 0 Å². The lowest BCUT2D eigenvalue weighted by Gasteiger charge is -2.34. The fourth-order valence-electron chi connectivity index (χ4n) is 3.61. The van der Waals surface area contributed by atoms with E-state index in [9.17, 15) is 0 Å². The molecule has 0 radical (unpaired) electrons. The molecule has 3 heteroatoms. The Kier molecular flexibility index (Phi) is 3.81. The maximum absolute atomic E-state index is 4.10. The number of benzene rings is 1. The number of nitrogens with zero attached hydrogens (tertiary/aromatic N) is 2. The van der Waals surface area contributed by atoms with Crippen LogP contribution < -0.4 is 10.2 Å². The number of anilines is 1. The third-order valence-corrected chi connectivity index (χ3v) is 4.99. The highest BCUT2D eigenvalue weighted by Crippen LogP contribution is 2.41. The van der Waals surface area contributed by atoms with Gasteiger partial charge in [-0.3, -0.25) is 4.98 Å². The molecule has 0 bridgehead atoms. The van der Waals surface area contributed by atoms with Crippen LogP contribution in [0, 0.1) is 0 Å². The van der Waals surface area contributed by atoms with Crippen LogP contribution in [-0.4, -0.2) is 30.2 Å². The number of nitrogens with one attached hydrogen (secondary N) is 1. The molecule has 2 aliphatic rings. The first-order valence-corrected chi connectivity index (χ1v) is 8.36. The molecule has 114 valence electrons. The van der Waals surface area contributed by atoms with Crippen molar-refractivity contribution >= 4 is 5.69 Å². The van der Waals surface area contributed by atoms with Gasteiger partial charge < -0.3 is 10.2 Å². The standard InChI is InChI=1S/C19H23N3/c1-2-4-15(5-3-1)18-14-19(18)21-16-8-12-22(13-9-16)17-6-10-20-11-7-17/h1-7,10-11,16,18-19,21H,8-9,12-14H2. The maximum atomic E-state index is 4.10. The van der Waals surface area contributed by atoms with E-state index < -0.39 is 0 Å². The van der Waals surface area contributed by atoms with Crippen molar-refractivity contribution in [1.82, 2.24) is 10.3 Å². The SMILES string of the molecule is c1ccc(C2CC2NC2CCN(c3ccncc3)CC2)cc1. The predicted octanol–water partition coefficient (Wildman–Crippen LogP) is 3.20. The molecule has 1 saturated heterocycles. The molecular formula is C19H23N3. The van der Waals surface area contributed by atoms with Crippen LogP contribution in [0.25, 0.3) is 0 Å². The first kappa shape index (κ1) is 13.8. The van der Waals surface area contributed by atoms with Crippen molar-refractivity contribution in [3.05, 3.63) is 60.4 Å². The summed E-state index contributed by atoms with van der Waals surface area (Å²) in [7, 11) is 0. The van der Waals surface area contributed by atoms with Gasteiger partial charge in [0.05, 0.1) is 0 Å². The highest BCUT2D eigenvalue weighted by molar-refractivity contribution is 5.45. The van der Waals surface area contributed by atoms with Crippen LogP contribution in [0.5, 0.6) is 0 Å². The lowest BCUT2D eigenvalue weighted by atomic mass is 10.0. The topological polar surface area (TPSA) is 28.2 Å². The molecule has 4 rings (SSSR count). The van der Waals surface area contributed by atoms with E-state index in [2.05, 4.69) is 57.7 Å². The number of aromatic nitrogens is 1. The second-order valence-corrected chi connectivity index (χ2v) is 6.49. The van der Waals surface area contributed by atoms with E-state index in [-0.39, 0.29) is 0 Å². The molecule has 3 nitrogen and oxygen atoms in total. The summed E-state index contributed by atoms with van der Waals surface area (Å²) < 4.78 is 0. The molecule has 2 heterocycles. The van der Waals surface area contributed by atoms with Crippen molar-refractivity contribution in [2.24, 2.45) is 0 Å². The second kappa shape index (κ2) is 6.09. The molecule has 1 aromatic heterocycles. The molecule has 1 aromatic carbocycles. The second-order valence-electron chi connectivity index (χ2n) is 6.49. The Morgan fingerprint density at radius 2 is 1.68 bits per heavy atom. The predicted molar refractivity (Wildman–Crippen MR) is 90.2 cm³/mol. The highest BCUT2D eigenvalue weighted by Gasteiger charge is 2.39. The average molecular weight is 293 g/mol. The van der Waals surface area contributed by atoms with Crippen LogP contribution in [0.3, 0.4) is 0 Å². The minimum Gasteiger partial charge on any atom is -0.371 e. The molecule has 1 aliphatic heterocycles. The van der Waals surface area contributed by atoms with Gasteiger partial charge in [0.15, 0.2) is 0 Å².